The molecule has 1 rings (SSSR count). The largest absolute Gasteiger partial charge is 0.493 e. The summed E-state index contributed by atoms with van der Waals surface area (Å²) in [6, 6.07) is 6.63. The fourth-order valence-corrected chi connectivity index (χ4v) is 2.07. The molecule has 2 heteroatoms. The molecular weight excluding hydrogens is 234 g/mol. The van der Waals surface area contributed by atoms with Gasteiger partial charge in [-0.15, -0.1) is 0 Å². The van der Waals surface area contributed by atoms with E-state index >= 15 is 0 Å². The van der Waals surface area contributed by atoms with Crippen molar-refractivity contribution in [2.24, 2.45) is 11.7 Å². The summed E-state index contributed by atoms with van der Waals surface area (Å²) >= 11 is 0. The van der Waals surface area contributed by atoms with Gasteiger partial charge in [0.05, 0.1) is 6.61 Å². The number of aryl methyl sites for hydroxylation is 1. The van der Waals surface area contributed by atoms with E-state index in [1.165, 1.54) is 17.5 Å². The van der Waals surface area contributed by atoms with Gasteiger partial charge in [-0.05, 0) is 54.8 Å². The quantitative estimate of drug-likeness (QED) is 0.716. The molecule has 0 aliphatic carbocycles. The Balaban J connectivity index is 2.76. The van der Waals surface area contributed by atoms with E-state index in [9.17, 15) is 0 Å². The van der Waals surface area contributed by atoms with Gasteiger partial charge in [0.15, 0.2) is 0 Å². The summed E-state index contributed by atoms with van der Waals surface area (Å²) in [6.07, 6.45) is 3.38. The summed E-state index contributed by atoms with van der Waals surface area (Å²) in [7, 11) is 0. The predicted molar refractivity (Wildman–Crippen MR) is 82.9 cm³/mol. The molecule has 1 aromatic rings. The molecule has 19 heavy (non-hydrogen) atoms. The summed E-state index contributed by atoms with van der Waals surface area (Å²) in [5, 5.41) is 0. The molecular formula is C17H29NO. The van der Waals surface area contributed by atoms with Crippen molar-refractivity contribution in [3.05, 3.63) is 29.3 Å². The first-order chi connectivity index (χ1) is 9.04. The molecule has 0 amide bonds. The first-order valence-electron chi connectivity index (χ1n) is 7.50. The number of hydrogen-bond donors (Lipinski definition) is 1. The van der Waals surface area contributed by atoms with E-state index in [1.54, 1.807) is 0 Å². The molecule has 0 radical (unpaired) electrons. The highest BCUT2D eigenvalue weighted by Crippen LogP contribution is 2.28. The van der Waals surface area contributed by atoms with E-state index in [0.717, 1.165) is 31.7 Å². The number of rotatable bonds is 8. The minimum Gasteiger partial charge on any atom is -0.493 e. The number of nitrogens with two attached hydrogens (primary N) is 1. The summed E-state index contributed by atoms with van der Waals surface area (Å²) in [6.45, 7) is 10.4. The Morgan fingerprint density at radius 2 is 1.84 bits per heavy atom. The lowest BCUT2D eigenvalue weighted by Gasteiger charge is -2.17. The third-order valence-electron chi connectivity index (χ3n) is 3.19. The highest BCUT2D eigenvalue weighted by atomic mass is 16.5. The molecule has 0 aliphatic heterocycles. The van der Waals surface area contributed by atoms with Gasteiger partial charge in [0, 0.05) is 0 Å². The van der Waals surface area contributed by atoms with Gasteiger partial charge in [0.1, 0.15) is 5.75 Å². The van der Waals surface area contributed by atoms with E-state index in [2.05, 4.69) is 45.9 Å². The topological polar surface area (TPSA) is 35.2 Å². The second-order valence-corrected chi connectivity index (χ2v) is 5.98. The van der Waals surface area contributed by atoms with Gasteiger partial charge in [0.25, 0.3) is 0 Å². The molecule has 0 spiro atoms. The Bertz CT molecular complexity index is 372. The van der Waals surface area contributed by atoms with Gasteiger partial charge in [-0.1, -0.05) is 39.8 Å². The summed E-state index contributed by atoms with van der Waals surface area (Å²) in [5.41, 5.74) is 8.26. The molecule has 2 nitrogen and oxygen atoms in total. The zero-order valence-electron chi connectivity index (χ0n) is 12.9. The minimum absolute atomic E-state index is 0.497. The van der Waals surface area contributed by atoms with Gasteiger partial charge >= 0.3 is 0 Å². The van der Waals surface area contributed by atoms with Crippen molar-refractivity contribution >= 4 is 0 Å². The molecule has 0 aromatic heterocycles. The SMILES string of the molecule is CC(C)COc1ccc(CCCCN)cc1C(C)C. The molecule has 0 aliphatic rings. The van der Waals surface area contributed by atoms with E-state index in [4.69, 9.17) is 10.5 Å². The number of unbranched alkanes of at least 4 members (excludes halogenated alkanes) is 1. The maximum Gasteiger partial charge on any atom is 0.122 e. The summed E-state index contributed by atoms with van der Waals surface area (Å²) in [5.74, 6) is 2.10. The highest BCUT2D eigenvalue weighted by Gasteiger charge is 2.09. The number of benzene rings is 1. The van der Waals surface area contributed by atoms with Crippen LogP contribution in [0.25, 0.3) is 0 Å². The molecule has 108 valence electrons. The van der Waals surface area contributed by atoms with Crippen LogP contribution in [-0.4, -0.2) is 13.2 Å². The van der Waals surface area contributed by atoms with Gasteiger partial charge in [-0.25, -0.2) is 0 Å². The van der Waals surface area contributed by atoms with Crippen molar-refractivity contribution < 1.29 is 4.74 Å². The molecule has 0 bridgehead atoms. The Morgan fingerprint density at radius 3 is 2.42 bits per heavy atom. The van der Waals surface area contributed by atoms with Crippen LogP contribution in [0, 0.1) is 5.92 Å². The Morgan fingerprint density at radius 1 is 1.11 bits per heavy atom. The van der Waals surface area contributed by atoms with Crippen LogP contribution in [0.4, 0.5) is 0 Å². The molecule has 2 N–H and O–H groups in total. The predicted octanol–water partition coefficient (Wildman–Crippen LogP) is 4.13. The van der Waals surface area contributed by atoms with Crippen LogP contribution >= 0.6 is 0 Å². The lowest BCUT2D eigenvalue weighted by atomic mass is 9.97. The summed E-state index contributed by atoms with van der Waals surface area (Å²) < 4.78 is 5.92. The minimum atomic E-state index is 0.497. The van der Waals surface area contributed by atoms with E-state index in [-0.39, 0.29) is 0 Å². The van der Waals surface area contributed by atoms with Crippen molar-refractivity contribution in [3.63, 3.8) is 0 Å². The molecule has 0 heterocycles. The Kier molecular flexibility index (Phi) is 6.93. The molecule has 0 saturated heterocycles. The van der Waals surface area contributed by atoms with E-state index in [0.29, 0.717) is 11.8 Å². The molecule has 1 aromatic carbocycles. The number of ether oxygens (including phenoxy) is 1. The molecule has 0 unspecified atom stereocenters. The fraction of sp³-hybridized carbons (Fsp3) is 0.647. The van der Waals surface area contributed by atoms with Crippen molar-refractivity contribution in [1.82, 2.24) is 0 Å². The zero-order valence-corrected chi connectivity index (χ0v) is 12.9. The van der Waals surface area contributed by atoms with Crippen LogP contribution in [0.3, 0.4) is 0 Å². The normalized spacial score (nSPS) is 11.3. The van der Waals surface area contributed by atoms with Gasteiger partial charge in [-0.2, -0.15) is 0 Å². The lowest BCUT2D eigenvalue weighted by Crippen LogP contribution is -2.07. The van der Waals surface area contributed by atoms with Crippen LogP contribution in [0.1, 0.15) is 57.6 Å². The molecule has 0 saturated carbocycles. The van der Waals surface area contributed by atoms with Crippen LogP contribution in [-0.2, 0) is 6.42 Å². The van der Waals surface area contributed by atoms with Gasteiger partial charge in [0.2, 0.25) is 0 Å². The maximum atomic E-state index is 5.92. The third kappa shape index (κ3) is 5.65. The first kappa shape index (κ1) is 16.0. The zero-order chi connectivity index (χ0) is 14.3. The maximum absolute atomic E-state index is 5.92. The average molecular weight is 263 g/mol. The van der Waals surface area contributed by atoms with Gasteiger partial charge < -0.3 is 10.5 Å². The van der Waals surface area contributed by atoms with Crippen LogP contribution in [0.15, 0.2) is 18.2 Å². The van der Waals surface area contributed by atoms with Gasteiger partial charge in [-0.3, -0.25) is 0 Å². The monoisotopic (exact) mass is 263 g/mol. The smallest absolute Gasteiger partial charge is 0.122 e. The van der Waals surface area contributed by atoms with Crippen molar-refractivity contribution in [3.8, 4) is 5.75 Å². The van der Waals surface area contributed by atoms with Crippen LogP contribution < -0.4 is 10.5 Å². The standard InChI is InChI=1S/C17H29NO/c1-13(2)12-19-17-9-8-15(7-5-6-10-18)11-16(17)14(3)4/h8-9,11,13-14H,5-7,10,12,18H2,1-4H3. The molecule has 0 atom stereocenters. The highest BCUT2D eigenvalue weighted by molar-refractivity contribution is 5.39. The second-order valence-electron chi connectivity index (χ2n) is 5.98. The lowest BCUT2D eigenvalue weighted by molar-refractivity contribution is 0.267. The number of hydrogen-bond acceptors (Lipinski definition) is 2. The summed E-state index contributed by atoms with van der Waals surface area (Å²) in [4.78, 5) is 0. The fourth-order valence-electron chi connectivity index (χ4n) is 2.07. The van der Waals surface area contributed by atoms with Crippen molar-refractivity contribution in [1.29, 1.82) is 0 Å². The van der Waals surface area contributed by atoms with Crippen LogP contribution in [0.2, 0.25) is 0 Å². The van der Waals surface area contributed by atoms with Crippen molar-refractivity contribution in [2.45, 2.75) is 52.9 Å². The molecule has 0 fully saturated rings. The second kappa shape index (κ2) is 8.21. The average Bonchev–Trinajstić information content (AvgIpc) is 2.37. The Hall–Kier alpha value is -1.02. The van der Waals surface area contributed by atoms with E-state index in [1.807, 2.05) is 0 Å². The Labute approximate surface area is 118 Å². The van der Waals surface area contributed by atoms with Crippen LogP contribution in [0.5, 0.6) is 5.75 Å². The van der Waals surface area contributed by atoms with Crippen molar-refractivity contribution in [2.75, 3.05) is 13.2 Å². The van der Waals surface area contributed by atoms with E-state index < -0.39 is 0 Å². The third-order valence-corrected chi connectivity index (χ3v) is 3.19. The first-order valence-corrected chi connectivity index (χ1v) is 7.50.